The second-order valence-electron chi connectivity index (χ2n) is 5.74. The van der Waals surface area contributed by atoms with Gasteiger partial charge >= 0.3 is 0 Å². The molecule has 1 saturated heterocycles. The summed E-state index contributed by atoms with van der Waals surface area (Å²) in [5.74, 6) is -0.758. The molecule has 0 atom stereocenters. The molecule has 0 aliphatic carbocycles. The van der Waals surface area contributed by atoms with Gasteiger partial charge in [-0.1, -0.05) is 54.2 Å². The molecule has 3 aromatic rings. The monoisotopic (exact) mass is 391 g/mol. The van der Waals surface area contributed by atoms with Gasteiger partial charge in [0.25, 0.3) is 11.8 Å². The summed E-state index contributed by atoms with van der Waals surface area (Å²) in [5.41, 5.74) is 3.76. The Labute approximate surface area is 165 Å². The first-order valence-electron chi connectivity index (χ1n) is 8.11. The molecule has 4 rings (SSSR count). The third-order valence-corrected chi connectivity index (χ3v) is 5.31. The van der Waals surface area contributed by atoms with Crippen LogP contribution in [0.5, 0.6) is 0 Å². The van der Waals surface area contributed by atoms with Crippen molar-refractivity contribution in [3.63, 3.8) is 0 Å². The maximum atomic E-state index is 12.8. The van der Waals surface area contributed by atoms with E-state index in [0.29, 0.717) is 16.2 Å². The minimum Gasteiger partial charge on any atom is -0.267 e. The highest BCUT2D eigenvalue weighted by Gasteiger charge is 2.34. The van der Waals surface area contributed by atoms with E-state index in [9.17, 15) is 9.59 Å². The van der Waals surface area contributed by atoms with E-state index >= 15 is 0 Å². The lowest BCUT2D eigenvalue weighted by molar-refractivity contribution is -0.123. The number of carbonyl (C=O) groups is 2. The number of amides is 2. The Balaban J connectivity index is 1.59. The Morgan fingerprint density at radius 2 is 1.85 bits per heavy atom. The lowest BCUT2D eigenvalue weighted by atomic mass is 10.0. The normalized spacial score (nSPS) is 15.6. The minimum atomic E-state index is -0.387. The molecule has 132 valence electrons. The molecule has 0 unspecified atom stereocenters. The fourth-order valence-electron chi connectivity index (χ4n) is 2.74. The maximum absolute atomic E-state index is 12.8. The number of aromatic nitrogens is 1. The summed E-state index contributed by atoms with van der Waals surface area (Å²) in [7, 11) is 0. The van der Waals surface area contributed by atoms with Crippen molar-refractivity contribution in [3.05, 3.63) is 83.0 Å². The second-order valence-corrected chi connectivity index (χ2v) is 7.42. The number of carbonyl (C=O) groups excluding carboxylic acids is 2. The molecule has 1 fully saturated rings. The van der Waals surface area contributed by atoms with Gasteiger partial charge in [0, 0.05) is 11.8 Å². The van der Waals surface area contributed by atoms with Crippen molar-refractivity contribution in [2.45, 2.75) is 0 Å². The summed E-state index contributed by atoms with van der Waals surface area (Å²) in [6.45, 7) is 0. The van der Waals surface area contributed by atoms with Gasteiger partial charge in [-0.25, -0.2) is 0 Å². The standard InChI is InChI=1S/C20H13N3O2S2/c24-18(16-10-5-7-13-6-1-2-9-15(13)16)22-23-19(25)17(27-20(23)26)12-14-8-3-4-11-21-14/h1-12H,(H,22,24). The molecule has 1 aromatic heterocycles. The molecule has 2 amide bonds. The SMILES string of the molecule is O=C(NN1C(=O)C(=Cc2ccccn2)SC1=S)c1cccc2ccccc12. The van der Waals surface area contributed by atoms with Gasteiger partial charge in [-0.2, -0.15) is 5.01 Å². The molecule has 1 aliphatic heterocycles. The highest BCUT2D eigenvalue weighted by Crippen LogP contribution is 2.31. The molecule has 1 N–H and O–H groups in total. The fourth-order valence-corrected chi connectivity index (χ4v) is 3.91. The maximum Gasteiger partial charge on any atom is 0.285 e. The summed E-state index contributed by atoms with van der Waals surface area (Å²) in [6, 6.07) is 18.5. The summed E-state index contributed by atoms with van der Waals surface area (Å²) in [6.07, 6.45) is 3.30. The first-order valence-corrected chi connectivity index (χ1v) is 9.34. The number of nitrogens with one attached hydrogen (secondary N) is 1. The average Bonchev–Trinajstić information content (AvgIpc) is 2.95. The zero-order valence-corrected chi connectivity index (χ0v) is 15.6. The number of hydrogen-bond acceptors (Lipinski definition) is 5. The van der Waals surface area contributed by atoms with Crippen LogP contribution in [-0.4, -0.2) is 26.1 Å². The van der Waals surface area contributed by atoms with Crippen molar-refractivity contribution in [3.8, 4) is 0 Å². The van der Waals surface area contributed by atoms with E-state index < -0.39 is 0 Å². The number of pyridine rings is 1. The first kappa shape index (κ1) is 17.4. The van der Waals surface area contributed by atoms with Crippen LogP contribution in [0.3, 0.4) is 0 Å². The summed E-state index contributed by atoms with van der Waals surface area (Å²) < 4.78 is 0.274. The molecule has 0 radical (unpaired) electrons. The third-order valence-electron chi connectivity index (χ3n) is 4.01. The lowest BCUT2D eigenvalue weighted by Crippen LogP contribution is -2.44. The number of benzene rings is 2. The molecule has 0 bridgehead atoms. The van der Waals surface area contributed by atoms with Gasteiger partial charge in [-0.05, 0) is 47.3 Å². The van der Waals surface area contributed by atoms with Crippen LogP contribution >= 0.6 is 24.0 Å². The third kappa shape index (κ3) is 3.47. The van der Waals surface area contributed by atoms with Crippen LogP contribution in [0.1, 0.15) is 16.1 Å². The van der Waals surface area contributed by atoms with E-state index in [1.807, 2.05) is 42.5 Å². The van der Waals surface area contributed by atoms with Gasteiger partial charge in [0.1, 0.15) is 0 Å². The zero-order valence-electron chi connectivity index (χ0n) is 14.0. The number of hydrogen-bond donors (Lipinski definition) is 1. The van der Waals surface area contributed by atoms with Gasteiger partial charge in [0.15, 0.2) is 4.32 Å². The first-order chi connectivity index (χ1) is 13.1. The summed E-state index contributed by atoms with van der Waals surface area (Å²) in [5, 5.41) is 2.87. The predicted octanol–water partition coefficient (Wildman–Crippen LogP) is 3.78. The second kappa shape index (κ2) is 7.30. The Bertz CT molecular complexity index is 1090. The molecule has 0 saturated carbocycles. The highest BCUT2D eigenvalue weighted by atomic mass is 32.2. The molecule has 2 aromatic carbocycles. The number of nitrogens with zero attached hydrogens (tertiary/aromatic N) is 2. The Morgan fingerprint density at radius 3 is 2.67 bits per heavy atom. The Hall–Kier alpha value is -3.03. The average molecular weight is 391 g/mol. The van der Waals surface area contributed by atoms with Crippen molar-refractivity contribution >= 4 is 57.0 Å². The number of thioether (sulfide) groups is 1. The van der Waals surface area contributed by atoms with E-state index in [1.165, 1.54) is 0 Å². The van der Waals surface area contributed by atoms with E-state index in [2.05, 4.69) is 10.4 Å². The Morgan fingerprint density at radius 1 is 1.07 bits per heavy atom. The van der Waals surface area contributed by atoms with Crippen molar-refractivity contribution in [2.75, 3.05) is 0 Å². The largest absolute Gasteiger partial charge is 0.285 e. The van der Waals surface area contributed by atoms with Crippen LogP contribution < -0.4 is 5.43 Å². The smallest absolute Gasteiger partial charge is 0.267 e. The molecule has 7 heteroatoms. The van der Waals surface area contributed by atoms with Crippen molar-refractivity contribution < 1.29 is 9.59 Å². The molecule has 27 heavy (non-hydrogen) atoms. The molecule has 0 spiro atoms. The van der Waals surface area contributed by atoms with Crippen LogP contribution in [-0.2, 0) is 4.79 Å². The van der Waals surface area contributed by atoms with E-state index in [0.717, 1.165) is 27.5 Å². The predicted molar refractivity (Wildman–Crippen MR) is 111 cm³/mol. The van der Waals surface area contributed by atoms with Gasteiger partial charge in [0.05, 0.1) is 10.6 Å². The van der Waals surface area contributed by atoms with E-state index in [4.69, 9.17) is 12.2 Å². The van der Waals surface area contributed by atoms with Gasteiger partial charge in [-0.3, -0.25) is 20.0 Å². The van der Waals surface area contributed by atoms with Gasteiger partial charge in [0.2, 0.25) is 0 Å². The highest BCUT2D eigenvalue weighted by molar-refractivity contribution is 8.26. The lowest BCUT2D eigenvalue weighted by Gasteiger charge is -2.16. The van der Waals surface area contributed by atoms with E-state index in [-0.39, 0.29) is 16.1 Å². The van der Waals surface area contributed by atoms with Crippen LogP contribution in [0.2, 0.25) is 0 Å². The van der Waals surface area contributed by atoms with Crippen molar-refractivity contribution in [1.82, 2.24) is 15.4 Å². The zero-order chi connectivity index (χ0) is 18.8. The molecular weight excluding hydrogens is 378 g/mol. The molecular formula is C20H13N3O2S2. The van der Waals surface area contributed by atoms with Crippen LogP contribution in [0.4, 0.5) is 0 Å². The van der Waals surface area contributed by atoms with Crippen molar-refractivity contribution in [2.24, 2.45) is 0 Å². The summed E-state index contributed by atoms with van der Waals surface area (Å²) in [4.78, 5) is 30.0. The van der Waals surface area contributed by atoms with Gasteiger partial charge in [-0.15, -0.1) is 0 Å². The molecule has 1 aliphatic rings. The van der Waals surface area contributed by atoms with Crippen LogP contribution in [0.15, 0.2) is 71.8 Å². The molecule has 2 heterocycles. The molecule has 5 nitrogen and oxygen atoms in total. The topological polar surface area (TPSA) is 62.3 Å². The van der Waals surface area contributed by atoms with Crippen LogP contribution in [0.25, 0.3) is 16.8 Å². The number of rotatable bonds is 3. The minimum absolute atomic E-state index is 0.274. The van der Waals surface area contributed by atoms with Gasteiger partial charge < -0.3 is 0 Å². The fraction of sp³-hybridized carbons (Fsp3) is 0. The number of thiocarbonyl (C=S) groups is 1. The quantitative estimate of drug-likeness (QED) is 0.544. The van der Waals surface area contributed by atoms with Crippen LogP contribution in [0, 0.1) is 0 Å². The van der Waals surface area contributed by atoms with E-state index in [1.54, 1.807) is 30.5 Å². The summed E-state index contributed by atoms with van der Waals surface area (Å²) >= 11 is 6.40. The number of fused-ring (bicyclic) bond motifs is 1. The number of hydrazine groups is 1. The van der Waals surface area contributed by atoms with Crippen molar-refractivity contribution in [1.29, 1.82) is 0 Å². The Kier molecular flexibility index (Phi) is 4.70.